The van der Waals surface area contributed by atoms with Crippen LogP contribution in [0.4, 0.5) is 13.2 Å². The molecular formula is C15H22F3N3. The van der Waals surface area contributed by atoms with Crippen molar-refractivity contribution in [3.63, 3.8) is 0 Å². The van der Waals surface area contributed by atoms with Crippen LogP contribution in [-0.2, 0) is 12.6 Å². The summed E-state index contributed by atoms with van der Waals surface area (Å²) in [5, 5.41) is 0. The van der Waals surface area contributed by atoms with Gasteiger partial charge in [-0.15, -0.1) is 0 Å². The number of halogens is 3. The molecule has 0 saturated carbocycles. The summed E-state index contributed by atoms with van der Waals surface area (Å²) in [6.45, 7) is 2.76. The van der Waals surface area contributed by atoms with Gasteiger partial charge in [0, 0.05) is 31.7 Å². The van der Waals surface area contributed by atoms with Crippen LogP contribution < -0.4 is 5.73 Å². The fourth-order valence-corrected chi connectivity index (χ4v) is 2.79. The lowest BCUT2D eigenvalue weighted by molar-refractivity contribution is -0.137. The van der Waals surface area contributed by atoms with Crippen LogP contribution in [0.1, 0.15) is 11.1 Å². The summed E-state index contributed by atoms with van der Waals surface area (Å²) in [6.07, 6.45) is -3.85. The number of alkyl halides is 3. The van der Waals surface area contributed by atoms with Crippen LogP contribution in [0.25, 0.3) is 0 Å². The van der Waals surface area contributed by atoms with Gasteiger partial charge in [-0.2, -0.15) is 13.2 Å². The highest BCUT2D eigenvalue weighted by Crippen LogP contribution is 2.29. The lowest BCUT2D eigenvalue weighted by atomic mass is 9.96. The van der Waals surface area contributed by atoms with Crippen LogP contribution in [-0.4, -0.2) is 55.6 Å². The Bertz CT molecular complexity index is 475. The van der Waals surface area contributed by atoms with E-state index in [9.17, 15) is 13.2 Å². The predicted molar refractivity (Wildman–Crippen MR) is 77.0 cm³/mol. The molecule has 0 radical (unpaired) electrons. The molecule has 0 spiro atoms. The topological polar surface area (TPSA) is 32.5 Å². The van der Waals surface area contributed by atoms with Crippen LogP contribution in [0, 0.1) is 0 Å². The molecule has 0 aliphatic carbocycles. The fraction of sp³-hybridized carbons (Fsp3) is 0.600. The Labute approximate surface area is 123 Å². The minimum absolute atomic E-state index is 0.165. The highest BCUT2D eigenvalue weighted by atomic mass is 19.4. The summed E-state index contributed by atoms with van der Waals surface area (Å²) in [7, 11) is 4.06. The van der Waals surface area contributed by atoms with E-state index in [0.717, 1.165) is 25.7 Å². The Balaban J connectivity index is 2.07. The molecule has 0 amide bonds. The predicted octanol–water partition coefficient (Wildman–Crippen LogP) is 1.82. The molecule has 6 heteroatoms. The molecule has 1 saturated heterocycles. The van der Waals surface area contributed by atoms with Gasteiger partial charge in [0.2, 0.25) is 0 Å². The van der Waals surface area contributed by atoms with Gasteiger partial charge in [0.25, 0.3) is 0 Å². The van der Waals surface area contributed by atoms with Gasteiger partial charge in [0.15, 0.2) is 0 Å². The number of hydrogen-bond acceptors (Lipinski definition) is 3. The van der Waals surface area contributed by atoms with Crippen molar-refractivity contribution >= 4 is 0 Å². The number of likely N-dealkylation sites (N-methyl/N-ethyl adjacent to an activating group) is 2. The van der Waals surface area contributed by atoms with Crippen LogP contribution in [0.2, 0.25) is 0 Å². The highest BCUT2D eigenvalue weighted by molar-refractivity contribution is 5.26. The van der Waals surface area contributed by atoms with E-state index in [1.807, 2.05) is 14.1 Å². The van der Waals surface area contributed by atoms with Gasteiger partial charge in [0.1, 0.15) is 0 Å². The van der Waals surface area contributed by atoms with E-state index in [0.29, 0.717) is 12.0 Å². The molecule has 1 aliphatic heterocycles. The van der Waals surface area contributed by atoms with Gasteiger partial charge in [-0.1, -0.05) is 18.2 Å². The Hall–Kier alpha value is -1.11. The smallest absolute Gasteiger partial charge is 0.326 e. The third kappa shape index (κ3) is 4.18. The van der Waals surface area contributed by atoms with E-state index in [2.05, 4.69) is 9.80 Å². The molecule has 0 aromatic heterocycles. The summed E-state index contributed by atoms with van der Waals surface area (Å²) in [4.78, 5) is 4.40. The largest absolute Gasteiger partial charge is 0.416 e. The number of nitrogens with zero attached hydrogens (tertiary/aromatic N) is 2. The normalized spacial score (nSPS) is 23.2. The van der Waals surface area contributed by atoms with E-state index in [1.165, 1.54) is 12.1 Å². The number of nitrogens with two attached hydrogens (primary N) is 1. The highest BCUT2D eigenvalue weighted by Gasteiger charge is 2.31. The van der Waals surface area contributed by atoms with Crippen molar-refractivity contribution in [2.75, 3.05) is 33.7 Å². The number of hydrogen-bond donors (Lipinski definition) is 1. The average molecular weight is 301 g/mol. The lowest BCUT2D eigenvalue weighted by Gasteiger charge is -2.40. The molecule has 2 N–H and O–H groups in total. The van der Waals surface area contributed by atoms with Gasteiger partial charge < -0.3 is 10.6 Å². The zero-order chi connectivity index (χ0) is 15.6. The summed E-state index contributed by atoms with van der Waals surface area (Å²) in [6, 6.07) is 5.44. The van der Waals surface area contributed by atoms with E-state index in [-0.39, 0.29) is 12.1 Å². The zero-order valence-electron chi connectivity index (χ0n) is 12.4. The van der Waals surface area contributed by atoms with Gasteiger partial charge in [-0.25, -0.2) is 0 Å². The summed E-state index contributed by atoms with van der Waals surface area (Å²) < 4.78 is 38.2. The first kappa shape index (κ1) is 16.3. The molecule has 3 nitrogen and oxygen atoms in total. The third-order valence-electron chi connectivity index (χ3n) is 4.12. The molecule has 1 fully saturated rings. The Morgan fingerprint density at radius 3 is 2.67 bits per heavy atom. The van der Waals surface area contributed by atoms with Crippen molar-refractivity contribution in [3.05, 3.63) is 35.4 Å². The standard InChI is InChI=1S/C15H22F3N3/c1-20-6-7-21(2)14(10-20)13(19)9-11-4-3-5-12(8-11)15(16,17)18/h3-5,8,13-14H,6-7,9-10,19H2,1-2H3. The molecule has 21 heavy (non-hydrogen) atoms. The second-order valence-electron chi connectivity index (χ2n) is 5.88. The van der Waals surface area contributed by atoms with Gasteiger partial charge in [-0.3, -0.25) is 4.90 Å². The van der Waals surface area contributed by atoms with Crippen molar-refractivity contribution in [1.82, 2.24) is 9.80 Å². The molecular weight excluding hydrogens is 279 g/mol. The molecule has 1 aromatic rings. The van der Waals surface area contributed by atoms with Crippen molar-refractivity contribution in [2.24, 2.45) is 5.73 Å². The zero-order valence-corrected chi connectivity index (χ0v) is 12.4. The molecule has 2 atom stereocenters. The molecule has 1 heterocycles. The lowest BCUT2D eigenvalue weighted by Crippen LogP contribution is -2.58. The van der Waals surface area contributed by atoms with Gasteiger partial charge in [-0.05, 0) is 32.1 Å². The first-order chi connectivity index (χ1) is 9.77. The minimum Gasteiger partial charge on any atom is -0.326 e. The van der Waals surface area contributed by atoms with E-state index >= 15 is 0 Å². The van der Waals surface area contributed by atoms with Gasteiger partial charge in [0.05, 0.1) is 5.56 Å². The molecule has 2 rings (SSSR count). The quantitative estimate of drug-likeness (QED) is 0.924. The number of rotatable bonds is 3. The summed E-state index contributed by atoms with van der Waals surface area (Å²) in [5.74, 6) is 0. The SMILES string of the molecule is CN1CCN(C)C(C(N)Cc2cccc(C(F)(F)F)c2)C1. The third-order valence-corrected chi connectivity index (χ3v) is 4.12. The molecule has 1 aliphatic rings. The van der Waals surface area contributed by atoms with Crippen LogP contribution >= 0.6 is 0 Å². The van der Waals surface area contributed by atoms with Crippen molar-refractivity contribution in [3.8, 4) is 0 Å². The fourth-order valence-electron chi connectivity index (χ4n) is 2.79. The van der Waals surface area contributed by atoms with Crippen LogP contribution in [0.5, 0.6) is 0 Å². The Kier molecular flexibility index (Phi) is 4.91. The second kappa shape index (κ2) is 6.34. The monoisotopic (exact) mass is 301 g/mol. The molecule has 2 unspecified atom stereocenters. The second-order valence-corrected chi connectivity index (χ2v) is 5.88. The maximum atomic E-state index is 12.7. The van der Waals surface area contributed by atoms with Gasteiger partial charge >= 0.3 is 6.18 Å². The van der Waals surface area contributed by atoms with Crippen LogP contribution in [0.3, 0.4) is 0 Å². The van der Waals surface area contributed by atoms with E-state index < -0.39 is 11.7 Å². The van der Waals surface area contributed by atoms with E-state index in [1.54, 1.807) is 6.07 Å². The summed E-state index contributed by atoms with van der Waals surface area (Å²) in [5.41, 5.74) is 6.27. The first-order valence-corrected chi connectivity index (χ1v) is 7.08. The molecule has 118 valence electrons. The molecule has 0 bridgehead atoms. The first-order valence-electron chi connectivity index (χ1n) is 7.08. The van der Waals surface area contributed by atoms with Crippen molar-refractivity contribution in [1.29, 1.82) is 0 Å². The average Bonchev–Trinajstić information content (AvgIpc) is 2.41. The number of piperazine rings is 1. The number of benzene rings is 1. The van der Waals surface area contributed by atoms with Crippen LogP contribution in [0.15, 0.2) is 24.3 Å². The maximum Gasteiger partial charge on any atom is 0.416 e. The van der Waals surface area contributed by atoms with E-state index in [4.69, 9.17) is 5.73 Å². The Morgan fingerprint density at radius 1 is 1.29 bits per heavy atom. The minimum atomic E-state index is -4.30. The summed E-state index contributed by atoms with van der Waals surface area (Å²) >= 11 is 0. The van der Waals surface area contributed by atoms with Crippen molar-refractivity contribution < 1.29 is 13.2 Å². The molecule has 1 aromatic carbocycles. The van der Waals surface area contributed by atoms with Crippen molar-refractivity contribution in [2.45, 2.75) is 24.7 Å². The Morgan fingerprint density at radius 2 is 2.00 bits per heavy atom. The maximum absolute atomic E-state index is 12.7.